The number of halogens is 1. The molecule has 2 aromatic rings. The van der Waals surface area contributed by atoms with Gasteiger partial charge >= 0.3 is 5.97 Å². The number of aromatic carboxylic acids is 1. The molecule has 0 unspecified atom stereocenters. The third-order valence-electron chi connectivity index (χ3n) is 1.85. The smallest absolute Gasteiger partial charge is 0.371 e. The van der Waals surface area contributed by atoms with Crippen LogP contribution in [-0.4, -0.2) is 11.1 Å². The van der Waals surface area contributed by atoms with E-state index in [9.17, 15) is 4.79 Å². The van der Waals surface area contributed by atoms with Crippen molar-refractivity contribution in [1.29, 1.82) is 0 Å². The first-order valence-electron chi connectivity index (χ1n) is 3.80. The molecule has 0 radical (unpaired) electrons. The molecule has 2 rings (SSSR count). The fourth-order valence-corrected chi connectivity index (χ4v) is 1.34. The van der Waals surface area contributed by atoms with E-state index < -0.39 is 5.97 Å². The zero-order valence-electron chi connectivity index (χ0n) is 6.95. The van der Waals surface area contributed by atoms with E-state index in [-0.39, 0.29) is 5.76 Å². The van der Waals surface area contributed by atoms with Crippen LogP contribution in [0.15, 0.2) is 22.6 Å². The molecule has 1 aromatic heterocycles. The van der Waals surface area contributed by atoms with Gasteiger partial charge in [0.05, 0.1) is 10.7 Å². The van der Waals surface area contributed by atoms with Gasteiger partial charge in [0, 0.05) is 11.5 Å². The van der Waals surface area contributed by atoms with E-state index in [1.165, 1.54) is 12.1 Å². The summed E-state index contributed by atoms with van der Waals surface area (Å²) in [5.41, 5.74) is 6.37. The number of fused-ring (bicyclic) bond motifs is 1. The molecule has 72 valence electrons. The van der Waals surface area contributed by atoms with E-state index in [0.29, 0.717) is 21.7 Å². The van der Waals surface area contributed by atoms with Crippen LogP contribution in [0.5, 0.6) is 0 Å². The number of nitrogens with two attached hydrogens (primary N) is 1. The van der Waals surface area contributed by atoms with Gasteiger partial charge in [-0.05, 0) is 12.1 Å². The summed E-state index contributed by atoms with van der Waals surface area (Å²) in [5, 5.41) is 9.65. The van der Waals surface area contributed by atoms with Crippen molar-refractivity contribution in [2.75, 3.05) is 5.73 Å². The molecule has 0 spiro atoms. The quantitative estimate of drug-likeness (QED) is 0.710. The first kappa shape index (κ1) is 8.90. The van der Waals surface area contributed by atoms with Crippen LogP contribution in [0.25, 0.3) is 11.0 Å². The summed E-state index contributed by atoms with van der Waals surface area (Å²) in [6.45, 7) is 0. The van der Waals surface area contributed by atoms with Crippen LogP contribution in [0.2, 0.25) is 5.02 Å². The van der Waals surface area contributed by atoms with Crippen molar-refractivity contribution in [3.8, 4) is 0 Å². The molecule has 14 heavy (non-hydrogen) atoms. The molecule has 1 heterocycles. The summed E-state index contributed by atoms with van der Waals surface area (Å²) in [6, 6.07) is 4.48. The van der Waals surface area contributed by atoms with Crippen LogP contribution in [0.1, 0.15) is 10.6 Å². The van der Waals surface area contributed by atoms with Crippen molar-refractivity contribution in [1.82, 2.24) is 0 Å². The van der Waals surface area contributed by atoms with Crippen molar-refractivity contribution in [3.63, 3.8) is 0 Å². The highest BCUT2D eigenvalue weighted by molar-refractivity contribution is 6.33. The van der Waals surface area contributed by atoms with Gasteiger partial charge in [0.15, 0.2) is 0 Å². The number of rotatable bonds is 1. The second kappa shape index (κ2) is 2.92. The Labute approximate surface area is 83.9 Å². The Balaban J connectivity index is 2.72. The summed E-state index contributed by atoms with van der Waals surface area (Å²) in [6.07, 6.45) is 0. The van der Waals surface area contributed by atoms with Crippen LogP contribution in [-0.2, 0) is 0 Å². The van der Waals surface area contributed by atoms with Gasteiger partial charge in [-0.2, -0.15) is 0 Å². The molecule has 0 aliphatic heterocycles. The van der Waals surface area contributed by atoms with Crippen LogP contribution in [0.3, 0.4) is 0 Å². The SMILES string of the molecule is Nc1cc2cc(C(=O)O)oc2cc1Cl. The lowest BCUT2D eigenvalue weighted by atomic mass is 10.2. The van der Waals surface area contributed by atoms with Gasteiger partial charge in [0.25, 0.3) is 0 Å². The Kier molecular flexibility index (Phi) is 1.86. The Bertz CT molecular complexity index is 479. The van der Waals surface area contributed by atoms with Crippen LogP contribution in [0, 0.1) is 0 Å². The van der Waals surface area contributed by atoms with Crippen LogP contribution < -0.4 is 5.73 Å². The molecule has 1 aromatic carbocycles. The first-order chi connectivity index (χ1) is 6.58. The Hall–Kier alpha value is -1.68. The van der Waals surface area contributed by atoms with Gasteiger partial charge in [-0.15, -0.1) is 0 Å². The summed E-state index contributed by atoms with van der Waals surface area (Å²) >= 11 is 5.74. The molecule has 0 bridgehead atoms. The number of nitrogen functional groups attached to an aromatic ring is 1. The average molecular weight is 212 g/mol. The number of carboxylic acid groups (broad SMARTS) is 1. The van der Waals surface area contributed by atoms with Crippen LogP contribution >= 0.6 is 11.6 Å². The van der Waals surface area contributed by atoms with Gasteiger partial charge in [0.1, 0.15) is 5.58 Å². The molecule has 4 nitrogen and oxygen atoms in total. The predicted molar refractivity (Wildman–Crippen MR) is 52.6 cm³/mol. The maximum atomic E-state index is 10.6. The standard InChI is InChI=1S/C9H6ClNO3/c10-5-3-7-4(1-6(5)11)2-8(14-7)9(12)13/h1-3H,11H2,(H,12,13). The minimum atomic E-state index is -1.11. The number of hydrogen-bond acceptors (Lipinski definition) is 3. The van der Waals surface area contributed by atoms with E-state index in [2.05, 4.69) is 0 Å². The zero-order chi connectivity index (χ0) is 10.3. The van der Waals surface area contributed by atoms with E-state index in [1.54, 1.807) is 6.07 Å². The van der Waals surface area contributed by atoms with Crippen molar-refractivity contribution in [3.05, 3.63) is 29.0 Å². The second-order valence-electron chi connectivity index (χ2n) is 2.83. The normalized spacial score (nSPS) is 10.6. The van der Waals surface area contributed by atoms with Crippen LogP contribution in [0.4, 0.5) is 5.69 Å². The van der Waals surface area contributed by atoms with Crippen molar-refractivity contribution >= 4 is 34.2 Å². The predicted octanol–water partition coefficient (Wildman–Crippen LogP) is 2.37. The fraction of sp³-hybridized carbons (Fsp3) is 0. The monoisotopic (exact) mass is 211 g/mol. The number of benzene rings is 1. The molecule has 0 amide bonds. The highest BCUT2D eigenvalue weighted by Crippen LogP contribution is 2.28. The number of furan rings is 1. The molecule has 0 aliphatic carbocycles. The minimum Gasteiger partial charge on any atom is -0.475 e. The van der Waals surface area contributed by atoms with Gasteiger partial charge in [-0.25, -0.2) is 4.79 Å². The topological polar surface area (TPSA) is 76.5 Å². The molecule has 5 heteroatoms. The van der Waals surface area contributed by atoms with E-state index in [0.717, 1.165) is 0 Å². The largest absolute Gasteiger partial charge is 0.475 e. The average Bonchev–Trinajstić information content (AvgIpc) is 2.48. The molecule has 0 fully saturated rings. The molecule has 0 atom stereocenters. The Morgan fingerprint density at radius 2 is 2.14 bits per heavy atom. The van der Waals surface area contributed by atoms with Crippen molar-refractivity contribution in [2.45, 2.75) is 0 Å². The Morgan fingerprint density at radius 3 is 2.79 bits per heavy atom. The molecule has 3 N–H and O–H groups in total. The van der Waals surface area contributed by atoms with Gasteiger partial charge in [-0.3, -0.25) is 0 Å². The molecule has 0 aliphatic rings. The van der Waals surface area contributed by atoms with Crippen molar-refractivity contribution < 1.29 is 14.3 Å². The van der Waals surface area contributed by atoms with Gasteiger partial charge in [0.2, 0.25) is 5.76 Å². The molecular formula is C9H6ClNO3. The lowest BCUT2D eigenvalue weighted by Gasteiger charge is -1.95. The minimum absolute atomic E-state index is 0.123. The number of hydrogen-bond donors (Lipinski definition) is 2. The lowest BCUT2D eigenvalue weighted by Crippen LogP contribution is -1.91. The van der Waals surface area contributed by atoms with Gasteiger partial charge in [-0.1, -0.05) is 11.6 Å². The summed E-state index contributed by atoms with van der Waals surface area (Å²) in [5.74, 6) is -1.24. The third-order valence-corrected chi connectivity index (χ3v) is 2.17. The summed E-state index contributed by atoms with van der Waals surface area (Å²) in [7, 11) is 0. The highest BCUT2D eigenvalue weighted by atomic mass is 35.5. The zero-order valence-corrected chi connectivity index (χ0v) is 7.71. The summed E-state index contributed by atoms with van der Waals surface area (Å²) in [4.78, 5) is 10.6. The molecule has 0 saturated carbocycles. The maximum Gasteiger partial charge on any atom is 0.371 e. The maximum absolute atomic E-state index is 10.6. The lowest BCUT2D eigenvalue weighted by molar-refractivity contribution is 0.0665. The van der Waals surface area contributed by atoms with Crippen molar-refractivity contribution in [2.24, 2.45) is 0 Å². The third kappa shape index (κ3) is 1.29. The van der Waals surface area contributed by atoms with E-state index in [1.807, 2.05) is 0 Å². The first-order valence-corrected chi connectivity index (χ1v) is 4.17. The molecule has 0 saturated heterocycles. The van der Waals surface area contributed by atoms with Gasteiger partial charge < -0.3 is 15.3 Å². The number of anilines is 1. The van der Waals surface area contributed by atoms with E-state index >= 15 is 0 Å². The Morgan fingerprint density at radius 1 is 1.43 bits per heavy atom. The number of carboxylic acids is 1. The van der Waals surface area contributed by atoms with E-state index in [4.69, 9.17) is 26.9 Å². The fourth-order valence-electron chi connectivity index (χ4n) is 1.19. The highest BCUT2D eigenvalue weighted by Gasteiger charge is 2.11. The number of carbonyl (C=O) groups is 1. The summed E-state index contributed by atoms with van der Waals surface area (Å²) < 4.78 is 5.03. The second-order valence-corrected chi connectivity index (χ2v) is 3.23. The molecular weight excluding hydrogens is 206 g/mol.